The Morgan fingerprint density at radius 3 is 1.48 bits per heavy atom. The number of nitriles is 1. The van der Waals surface area contributed by atoms with E-state index in [1.165, 1.54) is 23.2 Å². The number of allylic oxidation sites excluding steroid dienone is 1. The number of halogens is 6. The van der Waals surface area contributed by atoms with E-state index in [4.69, 9.17) is 116 Å². The number of nitro groups is 2. The van der Waals surface area contributed by atoms with E-state index >= 15 is 0 Å². The number of hydrogen-bond donors (Lipinski definition) is 9. The predicted molar refractivity (Wildman–Crippen MR) is 543 cm³/mol. The number of benzene rings is 1. The molecule has 3 amide bonds. The number of primary amides is 3. The van der Waals surface area contributed by atoms with Gasteiger partial charge in [0, 0.05) is 59.8 Å². The minimum absolute atomic E-state index is 0.00171. The van der Waals surface area contributed by atoms with Gasteiger partial charge < -0.3 is 72.1 Å². The fourth-order valence-electron chi connectivity index (χ4n) is 12.6. The first kappa shape index (κ1) is 122. The number of carboxylic acid groups (broad SMARTS) is 1. The zero-order chi connectivity index (χ0) is 105. The van der Waals surface area contributed by atoms with E-state index in [1.807, 2.05) is 129 Å². The number of alkyl halides is 1. The number of fused-ring (bicyclic) bond motifs is 3. The zero-order valence-electron chi connectivity index (χ0n) is 81.7. The lowest BCUT2D eigenvalue weighted by Gasteiger charge is -2.17. The number of aliphatic imine (C=N–C) groups is 1. The first-order valence-corrected chi connectivity index (χ1v) is 50.2. The number of ether oxygens (including phenoxy) is 6. The number of hydrogen-bond acceptors (Lipinski definition) is 33. The van der Waals surface area contributed by atoms with Crippen LogP contribution < -0.4 is 50.1 Å². The molecule has 1 saturated heterocycles. The second-order valence-electron chi connectivity index (χ2n) is 28.6. The van der Waals surface area contributed by atoms with Gasteiger partial charge in [-0.05, 0) is 200 Å². The average molecular weight is 2180 g/mol. The number of H-pyrrole nitrogens is 2. The number of anilines is 3. The molecule has 0 spiro atoms. The van der Waals surface area contributed by atoms with Gasteiger partial charge in [0.1, 0.15) is 50.6 Å². The first-order valence-electron chi connectivity index (χ1n) is 44.8. The Balaban J connectivity index is 0.000000538. The number of pyridine rings is 1. The third-order valence-electron chi connectivity index (χ3n) is 18.7. The van der Waals surface area contributed by atoms with Crippen molar-refractivity contribution in [2.24, 2.45) is 28.1 Å². The number of carboxylic acids is 1. The van der Waals surface area contributed by atoms with Crippen LogP contribution in [0.25, 0.3) is 33.1 Å². The number of rotatable bonds is 36. The zero-order valence-corrected chi connectivity index (χ0v) is 87.5. The summed E-state index contributed by atoms with van der Waals surface area (Å²) in [4.78, 5) is 127. The smallest absolute Gasteiger partial charge is 0.326 e. The van der Waals surface area contributed by atoms with Crippen LogP contribution in [0.3, 0.4) is 0 Å². The molecule has 0 unspecified atom stereocenters. The van der Waals surface area contributed by atoms with Gasteiger partial charge in [-0.25, -0.2) is 24.7 Å². The lowest BCUT2D eigenvalue weighted by Crippen LogP contribution is -2.31. The molecule has 0 radical (unpaired) electrons. The third-order valence-corrected chi connectivity index (χ3v) is 21.3. The van der Waals surface area contributed by atoms with Gasteiger partial charge in [-0.1, -0.05) is 93.9 Å². The number of nitrogens with one attached hydrogen (secondary N) is 4. The van der Waals surface area contributed by atoms with Gasteiger partial charge >= 0.3 is 29.0 Å². The van der Waals surface area contributed by atoms with Crippen molar-refractivity contribution in [1.29, 1.82) is 5.26 Å². The van der Waals surface area contributed by atoms with E-state index in [0.29, 0.717) is 179 Å². The maximum absolute atomic E-state index is 11.8. The molecule has 2 aliphatic rings. The third kappa shape index (κ3) is 41.3. The van der Waals surface area contributed by atoms with E-state index in [2.05, 4.69) is 80.7 Å². The van der Waals surface area contributed by atoms with Crippen molar-refractivity contribution >= 4 is 183 Å². The van der Waals surface area contributed by atoms with Crippen molar-refractivity contribution in [3.63, 3.8) is 0 Å². The van der Waals surface area contributed by atoms with E-state index in [9.17, 15) is 58.4 Å². The molecule has 0 atom stereocenters. The van der Waals surface area contributed by atoms with Crippen molar-refractivity contribution < 1.29 is 73.3 Å². The summed E-state index contributed by atoms with van der Waals surface area (Å²) >= 11 is 30.8. The highest BCUT2D eigenvalue weighted by Crippen LogP contribution is 2.55. The molecule has 2 aliphatic heterocycles. The molecule has 139 heavy (non-hydrogen) atoms. The number of amides is 3. The summed E-state index contributed by atoms with van der Waals surface area (Å²) in [5, 5.41) is 66.6. The van der Waals surface area contributed by atoms with Crippen LogP contribution >= 0.6 is 85.7 Å². The minimum Gasteiger partial charge on any atom is -0.481 e. The van der Waals surface area contributed by atoms with Gasteiger partial charge in [0.05, 0.1) is 134 Å². The molecule has 11 heterocycles. The molecule has 0 saturated carbocycles. The van der Waals surface area contributed by atoms with Gasteiger partial charge in [0.2, 0.25) is 16.3 Å². The van der Waals surface area contributed by atoms with E-state index in [-0.39, 0.29) is 75.7 Å². The van der Waals surface area contributed by atoms with Gasteiger partial charge in [-0.2, -0.15) is 35.7 Å². The number of aromatic amines is 2. The molecule has 46 nitrogen and oxygen atoms in total. The molecule has 53 heteroatoms. The summed E-state index contributed by atoms with van der Waals surface area (Å²) < 4.78 is 56.1. The molecule has 10 aromatic rings. The topological polar surface area (TPSA) is 648 Å². The van der Waals surface area contributed by atoms with E-state index < -0.39 is 50.6 Å². The lowest BCUT2D eigenvalue weighted by atomic mass is 9.99. The standard InChI is InChI=1S/C17H21ClN6O.C11H14Cl2N4O.C11H16N4O3.C10H16N4O4.C10H18N4O2.C7H9N3O3.C6H5Cl2OP.C6H11NO2.C5H10O2.C2H3N.CH3I/c1-4-12-14-15(24(23-12)8-9-25-5-2)16(22-17(18)21-14)20-13-10-11(3)6-7-19-13;1-3-7-8-9(10(12)15-11(13)14-8)17(16-7)5-6-18-4-2;1-3-7-8-9(10(16)13-11(17)12-8)15(14-7)5-6-18-4-2;1-3-7-8(14(16)17)9(10(11)15)13(12-7)5-6-18-4-2;1-3-7-8(11)9(10(12)15)14(13-7)5-6-16-4-2;1-2-5-6(10(12)13)4(3-9-5)7(8)11;7-10(8,9)6-4-2-1-3-5-6;8-6(9)5-1-3-7-4-2-5;1-4(2)7-5(3)6;1-2-3;1-2/h6-7,10H,4-5,8-9H2,1-3H3,(H,19,20,21,22);3-6H2,1-2H3;3-6H2,1-2H3,(H2,12,13,16,17);3-6H2,1-2H3,(H2,11,15);3-6,11H2,1-2H3,(H2,12,15);2-3H2,1H3,(H2,8,11);1-5H;5,7H,1-4H2,(H,8,9);4H,1-3H3;1H3;1H3/i;;;;;;;;;;1D. The Hall–Kier alpha value is -11.1. The van der Waals surface area contributed by atoms with Crippen molar-refractivity contribution in [2.75, 3.05) is 102 Å². The number of nitrogens with zero attached hydrogens (tertiary/aromatic N) is 19. The van der Waals surface area contributed by atoms with Gasteiger partial charge in [-0.15, -0.1) is 0 Å². The molecule has 9 aromatic heterocycles. The van der Waals surface area contributed by atoms with Gasteiger partial charge in [-0.3, -0.25) is 86.9 Å². The number of carbonyl (C=O) groups excluding carboxylic acids is 4. The number of carbonyl (C=O) groups is 5. The summed E-state index contributed by atoms with van der Waals surface area (Å²) in [7, 11) is 0. The van der Waals surface area contributed by atoms with Crippen LogP contribution in [0.5, 0.6) is 0 Å². The summed E-state index contributed by atoms with van der Waals surface area (Å²) in [6.07, 6.45) is 7.00. The lowest BCUT2D eigenvalue weighted by molar-refractivity contribution is -0.415. The molecule has 12 rings (SSSR count). The Kier molecular flexibility index (Phi) is 58.4. The SMILES string of the molecule is CC#N.CC(=O)OC(C)C.CCC1=NCC(C(N)=O)=C1[N+](=O)[O-].CCOCCn1nc(CC)c(N)c1C(N)=O.CCOCCn1nc(CC)c([N+](=O)[O-])c1C(N)=O.CCOCCn1nc(CC)c2[nH]c(=O)[nH]c(=O)c21.CCOCCn1nc(CC)c2nc(Cl)nc(Cl)c21.CCOCCn1nc(CC)c2nc(Cl)nc(Nc3cc(C)ccn3)c21.O=C(O)C1CCNCC1.O=P(Cl)(Cl)c1ccccc1.[2H]CI. The highest BCUT2D eigenvalue weighted by atomic mass is 127. The Bertz CT molecular complexity index is 5900. The predicted octanol–water partition coefficient (Wildman–Crippen LogP) is 12.4. The van der Waals surface area contributed by atoms with Crippen molar-refractivity contribution in [2.45, 2.75) is 201 Å². The fraction of sp³-hybridized carbons (Fsp3) is 0.523. The van der Waals surface area contributed by atoms with E-state index in [0.717, 1.165) is 77.8 Å². The Morgan fingerprint density at radius 2 is 1.09 bits per heavy atom. The van der Waals surface area contributed by atoms with Crippen LogP contribution in [0.1, 0.15) is 179 Å². The molecule has 0 aliphatic carbocycles. The van der Waals surface area contributed by atoms with Gasteiger partial charge in [0.25, 0.3) is 29.1 Å². The minimum atomic E-state index is -3.07. The normalized spacial score (nSPS) is 11.9. The van der Waals surface area contributed by atoms with Crippen molar-refractivity contribution in [1.82, 2.24) is 89.1 Å². The van der Waals surface area contributed by atoms with E-state index in [1.54, 1.807) is 59.7 Å². The molecule has 1 aromatic carbocycles. The number of aryl methyl sites for hydroxylation is 6. The van der Waals surface area contributed by atoms with Crippen molar-refractivity contribution in [3.8, 4) is 6.07 Å². The number of nitrogen functional groups attached to an aromatic ring is 1. The maximum atomic E-state index is 11.8. The molecular formula is C86H126Cl5IN27O19P. The highest BCUT2D eigenvalue weighted by Gasteiger charge is 2.33. The Morgan fingerprint density at radius 1 is 0.647 bits per heavy atom. The second-order valence-corrected chi connectivity index (χ2v) is 34.5. The number of aliphatic carboxylic acids is 1. The van der Waals surface area contributed by atoms with Crippen LogP contribution in [-0.4, -0.2) is 231 Å². The van der Waals surface area contributed by atoms with Gasteiger partial charge in [0.15, 0.2) is 16.5 Å². The summed E-state index contributed by atoms with van der Waals surface area (Å²) in [5.41, 5.74) is 29.0. The number of nitrogens with two attached hydrogens (primary N) is 4. The monoisotopic (exact) mass is 2170 g/mol. The average Bonchev–Trinajstić information content (AvgIpc) is 1.65. The highest BCUT2D eigenvalue weighted by molar-refractivity contribution is 14.1. The molecule has 0 bridgehead atoms. The molecule has 766 valence electrons. The summed E-state index contributed by atoms with van der Waals surface area (Å²) in [6.45, 7) is 39.2. The molecule has 13 N–H and O–H groups in total. The maximum Gasteiger partial charge on any atom is 0.326 e. The van der Waals surface area contributed by atoms with Crippen LogP contribution in [0.15, 0.2) is 74.5 Å². The number of aromatic nitrogens is 17. The number of esters is 1. The fourth-order valence-corrected chi connectivity index (χ4v) is 14.5. The quantitative estimate of drug-likeness (QED) is 0.00203. The summed E-state index contributed by atoms with van der Waals surface area (Å²) in [6, 6.07) is 14.2. The Labute approximate surface area is 843 Å². The van der Waals surface area contributed by atoms with Crippen LogP contribution in [-0.2, 0) is 112 Å². The molecular weight excluding hydrogens is 2050 g/mol. The largest absolute Gasteiger partial charge is 0.481 e. The second kappa shape index (κ2) is 66.5. The number of piperidine rings is 1. The van der Waals surface area contributed by atoms with Crippen LogP contribution in [0.4, 0.5) is 23.0 Å². The summed E-state index contributed by atoms with van der Waals surface area (Å²) in [5.74, 6) is -4.90. The van der Waals surface area contributed by atoms with Crippen LogP contribution in [0.2, 0.25) is 15.7 Å². The van der Waals surface area contributed by atoms with Crippen LogP contribution in [0, 0.1) is 44.4 Å². The molecule has 1 fully saturated rings. The van der Waals surface area contributed by atoms with Crippen molar-refractivity contribution in [3.05, 3.63) is 162 Å². The first-order chi connectivity index (χ1) is 66.5.